The molecule has 33 heavy (non-hydrogen) atoms. The number of hydrogen-bond acceptors (Lipinski definition) is 6. The molecule has 0 unspecified atom stereocenters. The minimum absolute atomic E-state index is 0.174. The fourth-order valence-electron chi connectivity index (χ4n) is 3.99. The molecular weight excluding hydrogens is 420 g/mol. The minimum atomic E-state index is -0.529. The SMILES string of the molecule is CCN1CCc2nc3ccccc3c(C(=O)OCC(=O)Nc3ccc(NC(C)=O)cc3)c2C1. The van der Waals surface area contributed by atoms with Crippen molar-refractivity contribution in [2.75, 3.05) is 30.3 Å². The average molecular weight is 447 g/mol. The Morgan fingerprint density at radius 3 is 2.42 bits per heavy atom. The van der Waals surface area contributed by atoms with E-state index >= 15 is 0 Å². The van der Waals surface area contributed by atoms with Crippen molar-refractivity contribution in [1.29, 1.82) is 0 Å². The Morgan fingerprint density at radius 1 is 1.03 bits per heavy atom. The van der Waals surface area contributed by atoms with Gasteiger partial charge in [0.15, 0.2) is 6.61 Å². The summed E-state index contributed by atoms with van der Waals surface area (Å²) in [5.41, 5.74) is 4.19. The molecule has 4 rings (SSSR count). The zero-order valence-corrected chi connectivity index (χ0v) is 18.7. The normalized spacial score (nSPS) is 13.3. The molecule has 1 aromatic heterocycles. The van der Waals surface area contributed by atoms with Gasteiger partial charge in [-0.25, -0.2) is 4.79 Å². The number of nitrogens with zero attached hydrogens (tertiary/aromatic N) is 2. The van der Waals surface area contributed by atoms with Crippen LogP contribution in [0.15, 0.2) is 48.5 Å². The summed E-state index contributed by atoms with van der Waals surface area (Å²) in [6.45, 7) is 5.50. The largest absolute Gasteiger partial charge is 0.452 e. The van der Waals surface area contributed by atoms with E-state index < -0.39 is 18.5 Å². The third kappa shape index (κ3) is 5.18. The molecule has 0 spiro atoms. The van der Waals surface area contributed by atoms with Crippen molar-refractivity contribution in [3.8, 4) is 0 Å². The quantitative estimate of drug-likeness (QED) is 0.563. The second-order valence-electron chi connectivity index (χ2n) is 7.93. The molecule has 0 radical (unpaired) electrons. The van der Waals surface area contributed by atoms with Crippen molar-refractivity contribution < 1.29 is 19.1 Å². The number of nitrogens with one attached hydrogen (secondary N) is 2. The molecule has 2 N–H and O–H groups in total. The van der Waals surface area contributed by atoms with E-state index in [1.807, 2.05) is 24.3 Å². The molecule has 2 aromatic carbocycles. The molecule has 2 heterocycles. The lowest BCUT2D eigenvalue weighted by Gasteiger charge is -2.28. The highest BCUT2D eigenvalue weighted by molar-refractivity contribution is 6.06. The van der Waals surface area contributed by atoms with Gasteiger partial charge >= 0.3 is 5.97 Å². The van der Waals surface area contributed by atoms with Crippen molar-refractivity contribution in [3.63, 3.8) is 0 Å². The maximum Gasteiger partial charge on any atom is 0.339 e. The molecule has 8 heteroatoms. The maximum atomic E-state index is 13.1. The second kappa shape index (κ2) is 9.79. The van der Waals surface area contributed by atoms with E-state index in [1.165, 1.54) is 6.92 Å². The van der Waals surface area contributed by atoms with Crippen molar-refractivity contribution in [1.82, 2.24) is 9.88 Å². The lowest BCUT2D eigenvalue weighted by molar-refractivity contribution is -0.119. The highest BCUT2D eigenvalue weighted by Crippen LogP contribution is 2.28. The summed E-state index contributed by atoms with van der Waals surface area (Å²) in [7, 11) is 0. The number of esters is 1. The first kappa shape index (κ1) is 22.4. The van der Waals surface area contributed by atoms with Crippen LogP contribution in [0.3, 0.4) is 0 Å². The second-order valence-corrected chi connectivity index (χ2v) is 7.93. The van der Waals surface area contributed by atoms with Gasteiger partial charge < -0.3 is 15.4 Å². The van der Waals surface area contributed by atoms with Crippen molar-refractivity contribution in [2.45, 2.75) is 26.8 Å². The lowest BCUT2D eigenvalue weighted by Crippen LogP contribution is -2.32. The number of fused-ring (bicyclic) bond motifs is 2. The average Bonchev–Trinajstić information content (AvgIpc) is 2.81. The summed E-state index contributed by atoms with van der Waals surface area (Å²) in [5.74, 6) is -1.15. The number of pyridine rings is 1. The molecule has 0 bridgehead atoms. The molecule has 0 atom stereocenters. The summed E-state index contributed by atoms with van der Waals surface area (Å²) in [4.78, 5) is 43.7. The van der Waals surface area contributed by atoms with E-state index in [9.17, 15) is 14.4 Å². The molecule has 1 aliphatic rings. The van der Waals surface area contributed by atoms with Gasteiger partial charge in [-0.05, 0) is 36.9 Å². The number of carbonyl (C=O) groups is 3. The molecular formula is C25H26N4O4. The summed E-state index contributed by atoms with van der Waals surface area (Å²) in [6.07, 6.45) is 0.767. The van der Waals surface area contributed by atoms with Crippen LogP contribution in [0.25, 0.3) is 10.9 Å². The first-order valence-corrected chi connectivity index (χ1v) is 10.9. The van der Waals surface area contributed by atoms with Crippen LogP contribution in [0.5, 0.6) is 0 Å². The third-order valence-electron chi connectivity index (χ3n) is 5.60. The Bertz CT molecular complexity index is 1210. The molecule has 0 aliphatic carbocycles. The monoisotopic (exact) mass is 446 g/mol. The van der Waals surface area contributed by atoms with Gasteiger partial charge in [0.25, 0.3) is 5.91 Å². The third-order valence-corrected chi connectivity index (χ3v) is 5.60. The van der Waals surface area contributed by atoms with Gasteiger partial charge in [0.1, 0.15) is 0 Å². The van der Waals surface area contributed by atoms with Crippen LogP contribution in [0.4, 0.5) is 11.4 Å². The Hall–Kier alpha value is -3.78. The number of amides is 2. The predicted molar refractivity (Wildman–Crippen MR) is 126 cm³/mol. The molecule has 0 saturated carbocycles. The molecule has 1 aliphatic heterocycles. The molecule has 8 nitrogen and oxygen atoms in total. The van der Waals surface area contributed by atoms with Crippen molar-refractivity contribution >= 4 is 40.1 Å². The minimum Gasteiger partial charge on any atom is -0.452 e. The first-order chi connectivity index (χ1) is 15.9. The van der Waals surface area contributed by atoms with Crippen LogP contribution in [-0.4, -0.2) is 47.4 Å². The number of benzene rings is 2. The van der Waals surface area contributed by atoms with Gasteiger partial charge in [0, 0.05) is 54.5 Å². The van der Waals surface area contributed by atoms with Crippen LogP contribution in [0.1, 0.15) is 35.5 Å². The summed E-state index contributed by atoms with van der Waals surface area (Å²) in [6, 6.07) is 14.2. The molecule has 0 fully saturated rings. The van der Waals surface area contributed by atoms with E-state index in [0.29, 0.717) is 23.5 Å². The van der Waals surface area contributed by atoms with E-state index in [1.54, 1.807) is 24.3 Å². The predicted octanol–water partition coefficient (Wildman–Crippen LogP) is 3.37. The zero-order chi connectivity index (χ0) is 23.4. The smallest absolute Gasteiger partial charge is 0.339 e. The number of rotatable bonds is 6. The number of carbonyl (C=O) groups excluding carboxylic acids is 3. The highest BCUT2D eigenvalue weighted by atomic mass is 16.5. The number of anilines is 2. The van der Waals surface area contributed by atoms with E-state index in [2.05, 4.69) is 22.5 Å². The van der Waals surface area contributed by atoms with E-state index in [0.717, 1.165) is 41.7 Å². The van der Waals surface area contributed by atoms with Crippen LogP contribution in [-0.2, 0) is 27.3 Å². The van der Waals surface area contributed by atoms with E-state index in [4.69, 9.17) is 9.72 Å². The molecule has 0 saturated heterocycles. The number of likely N-dealkylation sites (N-methyl/N-ethyl adjacent to an activating group) is 1. The summed E-state index contributed by atoms with van der Waals surface area (Å²) in [5, 5.41) is 6.09. The maximum absolute atomic E-state index is 13.1. The van der Waals surface area contributed by atoms with Gasteiger partial charge in [-0.3, -0.25) is 19.5 Å². The van der Waals surface area contributed by atoms with Crippen LogP contribution < -0.4 is 10.6 Å². The Labute approximate surface area is 191 Å². The summed E-state index contributed by atoms with van der Waals surface area (Å²) < 4.78 is 5.43. The Kier molecular flexibility index (Phi) is 6.65. The number of ether oxygens (including phenoxy) is 1. The van der Waals surface area contributed by atoms with Crippen LogP contribution in [0.2, 0.25) is 0 Å². The van der Waals surface area contributed by atoms with Crippen molar-refractivity contribution in [3.05, 3.63) is 65.4 Å². The van der Waals surface area contributed by atoms with Gasteiger partial charge in [-0.1, -0.05) is 25.1 Å². The first-order valence-electron chi connectivity index (χ1n) is 10.9. The number of para-hydroxylation sites is 1. The fourth-order valence-corrected chi connectivity index (χ4v) is 3.99. The fraction of sp³-hybridized carbons (Fsp3) is 0.280. The van der Waals surface area contributed by atoms with Gasteiger partial charge in [-0.15, -0.1) is 0 Å². The highest BCUT2D eigenvalue weighted by Gasteiger charge is 2.26. The zero-order valence-electron chi connectivity index (χ0n) is 18.7. The van der Waals surface area contributed by atoms with Gasteiger partial charge in [0.2, 0.25) is 5.91 Å². The Balaban J connectivity index is 1.49. The van der Waals surface area contributed by atoms with Gasteiger partial charge in [-0.2, -0.15) is 0 Å². The number of hydrogen-bond donors (Lipinski definition) is 2. The van der Waals surface area contributed by atoms with Crippen molar-refractivity contribution in [2.24, 2.45) is 0 Å². The topological polar surface area (TPSA) is 101 Å². The summed E-state index contributed by atoms with van der Waals surface area (Å²) >= 11 is 0. The van der Waals surface area contributed by atoms with Crippen LogP contribution >= 0.6 is 0 Å². The molecule has 170 valence electrons. The number of aromatic nitrogens is 1. The van der Waals surface area contributed by atoms with Gasteiger partial charge in [0.05, 0.1) is 11.1 Å². The standard InChI is InChI=1S/C25H26N4O4/c1-3-29-13-12-22-20(14-29)24(19-6-4-5-7-21(19)28-22)25(32)33-15-23(31)27-18-10-8-17(9-11-18)26-16(2)30/h4-11H,3,12-15H2,1-2H3,(H,26,30)(H,27,31). The van der Waals surface area contributed by atoms with Crippen LogP contribution in [0, 0.1) is 0 Å². The Morgan fingerprint density at radius 2 is 1.73 bits per heavy atom. The molecule has 2 amide bonds. The van der Waals surface area contributed by atoms with E-state index in [-0.39, 0.29) is 5.91 Å². The lowest BCUT2D eigenvalue weighted by atomic mass is 9.96. The molecule has 3 aromatic rings.